The third kappa shape index (κ3) is 3.88. The van der Waals surface area contributed by atoms with E-state index in [9.17, 15) is 14.4 Å². The molecule has 5 rings (SSSR count). The summed E-state index contributed by atoms with van der Waals surface area (Å²) in [6, 6.07) is 14.5. The van der Waals surface area contributed by atoms with Gasteiger partial charge in [0.15, 0.2) is 23.0 Å². The first-order valence-corrected chi connectivity index (χ1v) is 10.7. The number of carbonyl (C=O) groups is 2. The van der Waals surface area contributed by atoms with Crippen LogP contribution in [0.2, 0.25) is 0 Å². The quantitative estimate of drug-likeness (QED) is 0.364. The SMILES string of the molecule is CC(=O)c1ccc(Cn2c3ncnc4c(ncn4Cc4ccc(C(C)=O)cc4)c-3nc2=O)cc1. The molecule has 0 radical (unpaired) electrons. The Hall–Kier alpha value is -4.53. The summed E-state index contributed by atoms with van der Waals surface area (Å²) in [6.07, 6.45) is 3.05. The second kappa shape index (κ2) is 8.43. The molecule has 0 saturated carbocycles. The van der Waals surface area contributed by atoms with Gasteiger partial charge in [0.05, 0.1) is 19.4 Å². The van der Waals surface area contributed by atoms with Gasteiger partial charge in [-0.3, -0.25) is 14.2 Å². The predicted octanol–water partition coefficient (Wildman–Crippen LogP) is 2.99. The van der Waals surface area contributed by atoms with Crippen molar-refractivity contribution in [2.24, 2.45) is 0 Å². The Kier molecular flexibility index (Phi) is 5.29. The van der Waals surface area contributed by atoms with Crippen molar-refractivity contribution in [3.63, 3.8) is 0 Å². The average Bonchev–Trinajstić information content (AvgIpc) is 3.29. The molecule has 2 aromatic carbocycles. The number of fused-ring (bicyclic) bond motifs is 3. The van der Waals surface area contributed by atoms with Crippen LogP contribution in [0.3, 0.4) is 0 Å². The maximum absolute atomic E-state index is 12.7. The summed E-state index contributed by atoms with van der Waals surface area (Å²) >= 11 is 0. The Morgan fingerprint density at radius 3 is 1.97 bits per heavy atom. The fraction of sp³-hybridized carbons (Fsp3) is 0.160. The summed E-state index contributed by atoms with van der Waals surface area (Å²) in [4.78, 5) is 53.3. The fourth-order valence-corrected chi connectivity index (χ4v) is 3.86. The minimum atomic E-state index is -0.431. The van der Waals surface area contributed by atoms with Crippen molar-refractivity contribution < 1.29 is 9.59 Å². The normalized spacial score (nSPS) is 11.2. The minimum Gasteiger partial charge on any atom is -0.311 e. The molecule has 0 N–H and O–H groups in total. The van der Waals surface area contributed by atoms with Gasteiger partial charge in [0.1, 0.15) is 17.5 Å². The first-order chi connectivity index (χ1) is 16.4. The second-order valence-electron chi connectivity index (χ2n) is 8.08. The van der Waals surface area contributed by atoms with E-state index in [1.807, 2.05) is 28.8 Å². The number of aromatic nitrogens is 6. The highest BCUT2D eigenvalue weighted by atomic mass is 16.1. The Labute approximate surface area is 194 Å². The zero-order valence-corrected chi connectivity index (χ0v) is 18.6. The molecule has 0 amide bonds. The van der Waals surface area contributed by atoms with E-state index in [0.29, 0.717) is 40.4 Å². The van der Waals surface area contributed by atoms with Gasteiger partial charge in [-0.2, -0.15) is 4.98 Å². The highest BCUT2D eigenvalue weighted by Crippen LogP contribution is 2.24. The van der Waals surface area contributed by atoms with Crippen molar-refractivity contribution in [2.75, 3.05) is 0 Å². The lowest BCUT2D eigenvalue weighted by Crippen LogP contribution is -2.17. The van der Waals surface area contributed by atoms with Crippen LogP contribution in [-0.2, 0) is 13.1 Å². The van der Waals surface area contributed by atoms with Gasteiger partial charge in [0.25, 0.3) is 0 Å². The van der Waals surface area contributed by atoms with Crippen LogP contribution >= 0.6 is 0 Å². The lowest BCUT2D eigenvalue weighted by Gasteiger charge is -2.04. The van der Waals surface area contributed by atoms with Gasteiger partial charge in [0, 0.05) is 11.1 Å². The van der Waals surface area contributed by atoms with Gasteiger partial charge < -0.3 is 4.57 Å². The van der Waals surface area contributed by atoms with Crippen molar-refractivity contribution in [3.8, 4) is 11.5 Å². The molecule has 1 aromatic heterocycles. The van der Waals surface area contributed by atoms with Gasteiger partial charge in [-0.05, 0) is 25.0 Å². The van der Waals surface area contributed by atoms with Crippen LogP contribution in [0, 0.1) is 0 Å². The van der Waals surface area contributed by atoms with Gasteiger partial charge in [-0.25, -0.2) is 19.7 Å². The summed E-state index contributed by atoms with van der Waals surface area (Å²) in [5.74, 6) is 0.386. The van der Waals surface area contributed by atoms with Crippen LogP contribution in [-0.4, -0.2) is 40.6 Å². The Bertz CT molecular complexity index is 1570. The zero-order chi connectivity index (χ0) is 23.8. The summed E-state index contributed by atoms with van der Waals surface area (Å²) in [5.41, 5.74) is 4.06. The first-order valence-electron chi connectivity index (χ1n) is 10.7. The van der Waals surface area contributed by atoms with Crippen LogP contribution in [0.25, 0.3) is 22.7 Å². The number of Topliss-reactive ketones (excluding diaryl/α,β-unsaturated/α-hetero) is 2. The molecule has 9 heteroatoms. The number of rotatable bonds is 6. The smallest absolute Gasteiger partial charge is 0.311 e. The van der Waals surface area contributed by atoms with E-state index in [-0.39, 0.29) is 18.1 Å². The summed E-state index contributed by atoms with van der Waals surface area (Å²) in [7, 11) is 0. The van der Waals surface area contributed by atoms with Crippen LogP contribution < -0.4 is 5.69 Å². The zero-order valence-electron chi connectivity index (χ0n) is 18.6. The molecule has 0 atom stereocenters. The lowest BCUT2D eigenvalue weighted by molar-refractivity contribution is 0.100. The molecular weight excluding hydrogens is 432 g/mol. The lowest BCUT2D eigenvalue weighted by atomic mass is 10.1. The topological polar surface area (TPSA) is 113 Å². The number of ketones is 2. The Morgan fingerprint density at radius 2 is 1.38 bits per heavy atom. The number of benzene rings is 2. The number of hydrogen-bond acceptors (Lipinski definition) is 7. The Balaban J connectivity index is 1.49. The number of hydrogen-bond donors (Lipinski definition) is 0. The van der Waals surface area contributed by atoms with Crippen LogP contribution in [0.1, 0.15) is 45.7 Å². The molecular formula is C25H20N6O3. The van der Waals surface area contributed by atoms with Crippen LogP contribution in [0.4, 0.5) is 0 Å². The highest BCUT2D eigenvalue weighted by Gasteiger charge is 2.21. The van der Waals surface area contributed by atoms with Crippen LogP contribution in [0.15, 0.2) is 66.0 Å². The molecule has 0 aliphatic carbocycles. The molecule has 0 saturated heterocycles. The van der Waals surface area contributed by atoms with Gasteiger partial charge >= 0.3 is 5.69 Å². The molecule has 0 spiro atoms. The molecule has 0 fully saturated rings. The molecule has 0 bridgehead atoms. The molecule has 168 valence electrons. The summed E-state index contributed by atoms with van der Waals surface area (Å²) in [5, 5.41) is 0. The number of imidazole rings is 2. The molecule has 3 heterocycles. The average molecular weight is 452 g/mol. The monoisotopic (exact) mass is 452 g/mol. The van der Waals surface area contributed by atoms with E-state index in [2.05, 4.69) is 19.9 Å². The second-order valence-corrected chi connectivity index (χ2v) is 8.08. The first kappa shape index (κ1) is 21.3. The van der Waals surface area contributed by atoms with Crippen LogP contribution in [0.5, 0.6) is 0 Å². The predicted molar refractivity (Wildman–Crippen MR) is 125 cm³/mol. The van der Waals surface area contributed by atoms with Gasteiger partial charge in [-0.15, -0.1) is 0 Å². The van der Waals surface area contributed by atoms with E-state index in [0.717, 1.165) is 11.1 Å². The molecule has 3 aromatic rings. The molecule has 0 unspecified atom stereocenters. The highest BCUT2D eigenvalue weighted by molar-refractivity contribution is 5.94. The van der Waals surface area contributed by atoms with Gasteiger partial charge in [0.2, 0.25) is 0 Å². The van der Waals surface area contributed by atoms with Crippen molar-refractivity contribution in [1.29, 1.82) is 0 Å². The van der Waals surface area contributed by atoms with Crippen molar-refractivity contribution in [3.05, 3.63) is 93.9 Å². The largest absolute Gasteiger partial charge is 0.350 e. The molecule has 2 aliphatic rings. The fourth-order valence-electron chi connectivity index (χ4n) is 3.86. The molecule has 9 nitrogen and oxygen atoms in total. The molecule has 2 aliphatic heterocycles. The van der Waals surface area contributed by atoms with Crippen molar-refractivity contribution >= 4 is 22.7 Å². The van der Waals surface area contributed by atoms with E-state index in [4.69, 9.17) is 0 Å². The maximum Gasteiger partial charge on any atom is 0.350 e. The van der Waals surface area contributed by atoms with Gasteiger partial charge in [-0.1, -0.05) is 48.5 Å². The standard InChI is InChI=1S/C25H20N6O3/c1-15(32)19-7-3-17(4-8-19)11-30-14-28-21-22-24(27-13-26-23(21)30)31(25(34)29-22)12-18-5-9-20(10-6-18)16(2)33/h3-10,13-14H,11-12H2,1-2H3. The van der Waals surface area contributed by atoms with E-state index < -0.39 is 5.69 Å². The van der Waals surface area contributed by atoms with Crippen molar-refractivity contribution in [1.82, 2.24) is 29.1 Å². The number of nitrogens with zero attached hydrogens (tertiary/aromatic N) is 6. The maximum atomic E-state index is 12.7. The van der Waals surface area contributed by atoms with Crippen molar-refractivity contribution in [2.45, 2.75) is 26.9 Å². The van der Waals surface area contributed by atoms with E-state index >= 15 is 0 Å². The van der Waals surface area contributed by atoms with E-state index in [1.165, 1.54) is 24.7 Å². The summed E-state index contributed by atoms with van der Waals surface area (Å²) < 4.78 is 3.32. The Morgan fingerprint density at radius 1 is 0.794 bits per heavy atom. The minimum absolute atomic E-state index is 0.0144. The third-order valence-electron chi connectivity index (χ3n) is 5.71. The molecule has 34 heavy (non-hydrogen) atoms. The van der Waals surface area contributed by atoms with E-state index in [1.54, 1.807) is 30.6 Å². The third-order valence-corrected chi connectivity index (χ3v) is 5.71. The number of carbonyl (C=O) groups excluding carboxylic acids is 2. The summed E-state index contributed by atoms with van der Waals surface area (Å²) in [6.45, 7) is 3.79.